The van der Waals surface area contributed by atoms with Gasteiger partial charge in [-0.1, -0.05) is 62.4 Å². The van der Waals surface area contributed by atoms with Crippen LogP contribution >= 0.6 is 0 Å². The molecule has 4 rings (SSSR count). The number of aromatic nitrogens is 1. The lowest BCUT2D eigenvalue weighted by Crippen LogP contribution is -2.57. The number of pyridine rings is 1. The SMILES string of the molecule is CC(=O)N1CCC[C@H]1C(=O)N[C@@H](CCCN)C(=O)NCC(=O)N[C@@H](CCc1ccccc1)C(=O)N[C@@H](CC(C)C)C(=O)NNC(=O)c1ccc(N=NCc2ccccc2S(=O)(=O)O)nc1. The molecule has 1 aliphatic rings. The molecule has 1 aromatic heterocycles. The lowest BCUT2D eigenvalue weighted by molar-refractivity contribution is -0.138. The summed E-state index contributed by atoms with van der Waals surface area (Å²) in [4.78, 5) is 97.2. The Hall–Kier alpha value is -6.65. The van der Waals surface area contributed by atoms with E-state index in [4.69, 9.17) is 5.73 Å². The van der Waals surface area contributed by atoms with E-state index in [9.17, 15) is 46.5 Å². The van der Waals surface area contributed by atoms with Crippen LogP contribution in [0.3, 0.4) is 0 Å². The predicted octanol–water partition coefficient (Wildman–Crippen LogP) is 1.37. The number of amides is 7. The van der Waals surface area contributed by atoms with E-state index in [-0.39, 0.29) is 66.0 Å². The average Bonchev–Trinajstić information content (AvgIpc) is 3.78. The molecule has 3 aromatic rings. The Kier molecular flexibility index (Phi) is 19.6. The normalized spacial score (nSPS) is 15.1. The number of carbonyl (C=O) groups excluding carboxylic acids is 7. The van der Waals surface area contributed by atoms with Crippen molar-refractivity contribution < 1.29 is 46.5 Å². The quantitative estimate of drug-likeness (QED) is 0.0403. The Morgan fingerprint density at radius 3 is 2.23 bits per heavy atom. The Balaban J connectivity index is 1.37. The maximum absolute atomic E-state index is 13.9. The zero-order valence-corrected chi connectivity index (χ0v) is 37.3. The molecule has 1 saturated heterocycles. The van der Waals surface area contributed by atoms with Gasteiger partial charge >= 0.3 is 0 Å². The summed E-state index contributed by atoms with van der Waals surface area (Å²) in [6.07, 6.45) is 3.48. The molecule has 9 N–H and O–H groups in total. The van der Waals surface area contributed by atoms with Crippen molar-refractivity contribution in [2.24, 2.45) is 21.9 Å². The first-order valence-electron chi connectivity index (χ1n) is 21.1. The number of carbonyl (C=O) groups is 7. The van der Waals surface area contributed by atoms with Crippen LogP contribution < -0.4 is 37.9 Å². The largest absolute Gasteiger partial charge is 0.345 e. The van der Waals surface area contributed by atoms with Gasteiger partial charge in [0.25, 0.3) is 21.9 Å². The van der Waals surface area contributed by atoms with Crippen LogP contribution in [0.2, 0.25) is 0 Å². The van der Waals surface area contributed by atoms with E-state index in [2.05, 4.69) is 47.3 Å². The van der Waals surface area contributed by atoms with Gasteiger partial charge in [-0.15, -0.1) is 5.11 Å². The van der Waals surface area contributed by atoms with E-state index in [1.807, 2.05) is 44.2 Å². The highest BCUT2D eigenvalue weighted by molar-refractivity contribution is 7.85. The number of hydrazine groups is 1. The minimum absolute atomic E-state index is 0.0303. The summed E-state index contributed by atoms with van der Waals surface area (Å²) in [7, 11) is -4.47. The maximum Gasteiger partial charge on any atom is 0.294 e. The third-order valence-electron chi connectivity index (χ3n) is 10.2. The van der Waals surface area contributed by atoms with Crippen molar-refractivity contribution >= 4 is 57.3 Å². The Morgan fingerprint density at radius 1 is 0.862 bits per heavy atom. The molecule has 350 valence electrons. The van der Waals surface area contributed by atoms with Gasteiger partial charge in [-0.3, -0.25) is 49.0 Å². The summed E-state index contributed by atoms with van der Waals surface area (Å²) in [5.74, 6) is -4.30. The van der Waals surface area contributed by atoms with E-state index in [1.165, 1.54) is 48.4 Å². The van der Waals surface area contributed by atoms with Gasteiger partial charge in [0, 0.05) is 19.7 Å². The summed E-state index contributed by atoms with van der Waals surface area (Å²) in [5.41, 5.74) is 11.4. The molecule has 22 heteroatoms. The average molecular weight is 920 g/mol. The van der Waals surface area contributed by atoms with E-state index in [1.54, 1.807) is 6.07 Å². The summed E-state index contributed by atoms with van der Waals surface area (Å²) in [6, 6.07) is 13.6. The predicted molar refractivity (Wildman–Crippen MR) is 236 cm³/mol. The molecule has 1 aliphatic heterocycles. The number of nitrogens with two attached hydrogens (primary N) is 1. The summed E-state index contributed by atoms with van der Waals surface area (Å²) in [5, 5.41) is 18.4. The molecular formula is C43H57N11O10S. The standard InChI is InChI=1S/C43H57N11O10S/c1-27(2)23-34(42(60)53-52-39(57)31-18-20-37(45-24-31)51-47-25-30-13-7-8-16-36(30)65(62,63)64)50-41(59)33(19-17-29-11-5-4-6-12-29)48-38(56)26-46-40(58)32(14-9-21-44)49-43(61)35-15-10-22-54(35)28(3)55/h4-8,11-13,16,18,20,24,27,32-35H,9-10,14-15,17,19,21-23,25-26,44H2,1-3H3,(H,46,58)(H,48,56)(H,49,61)(H,50,59)(H,52,57)(H,53,60)(H,62,63,64)/t32-,33-,34-,35-/m0/s1. The Morgan fingerprint density at radius 2 is 1.57 bits per heavy atom. The van der Waals surface area contributed by atoms with E-state index >= 15 is 0 Å². The Labute approximate surface area is 377 Å². The first kappa shape index (κ1) is 51.0. The molecule has 4 atom stereocenters. The van der Waals surface area contributed by atoms with Gasteiger partial charge in [0.05, 0.1) is 23.5 Å². The van der Waals surface area contributed by atoms with Gasteiger partial charge in [-0.25, -0.2) is 4.98 Å². The second-order valence-corrected chi connectivity index (χ2v) is 17.1. The van der Waals surface area contributed by atoms with E-state index < -0.39 is 76.3 Å². The van der Waals surface area contributed by atoms with Crippen LogP contribution in [0.15, 0.2) is 88.1 Å². The third kappa shape index (κ3) is 16.4. The number of hydrogen-bond acceptors (Lipinski definition) is 13. The molecule has 65 heavy (non-hydrogen) atoms. The molecule has 2 heterocycles. The van der Waals surface area contributed by atoms with Crippen LogP contribution in [0, 0.1) is 5.92 Å². The fraction of sp³-hybridized carbons (Fsp3) is 0.442. The highest BCUT2D eigenvalue weighted by atomic mass is 32.2. The second kappa shape index (κ2) is 25.0. The van der Waals surface area contributed by atoms with Crippen LogP contribution in [-0.4, -0.2) is 108 Å². The van der Waals surface area contributed by atoms with Crippen molar-refractivity contribution in [2.75, 3.05) is 19.6 Å². The van der Waals surface area contributed by atoms with Crippen molar-refractivity contribution in [3.63, 3.8) is 0 Å². The number of hydrogen-bond donors (Lipinski definition) is 8. The van der Waals surface area contributed by atoms with Gasteiger partial charge in [-0.2, -0.15) is 13.5 Å². The van der Waals surface area contributed by atoms with E-state index in [0.29, 0.717) is 32.2 Å². The van der Waals surface area contributed by atoms with Crippen LogP contribution in [0.1, 0.15) is 80.8 Å². The zero-order chi connectivity index (χ0) is 47.5. The maximum atomic E-state index is 13.9. The van der Waals surface area contributed by atoms with E-state index in [0.717, 1.165) is 5.56 Å². The highest BCUT2D eigenvalue weighted by Gasteiger charge is 2.35. The fourth-order valence-corrected chi connectivity index (χ4v) is 7.65. The lowest BCUT2D eigenvalue weighted by atomic mass is 10.0. The monoisotopic (exact) mass is 919 g/mol. The van der Waals surface area contributed by atoms with Crippen molar-refractivity contribution in [3.8, 4) is 0 Å². The molecule has 0 radical (unpaired) electrons. The van der Waals surface area contributed by atoms with Crippen molar-refractivity contribution in [2.45, 2.75) is 101 Å². The van der Waals surface area contributed by atoms with Crippen LogP contribution in [-0.2, 0) is 51.9 Å². The van der Waals surface area contributed by atoms with Gasteiger partial charge in [0.15, 0.2) is 5.82 Å². The van der Waals surface area contributed by atoms with Gasteiger partial charge < -0.3 is 31.9 Å². The molecule has 21 nitrogen and oxygen atoms in total. The lowest BCUT2D eigenvalue weighted by Gasteiger charge is -2.26. The topological polar surface area (TPSA) is 313 Å². The van der Waals surface area contributed by atoms with Crippen LogP contribution in [0.5, 0.6) is 0 Å². The highest BCUT2D eigenvalue weighted by Crippen LogP contribution is 2.19. The summed E-state index contributed by atoms with van der Waals surface area (Å²) >= 11 is 0. The summed E-state index contributed by atoms with van der Waals surface area (Å²) < 4.78 is 32.7. The molecule has 2 aromatic carbocycles. The van der Waals surface area contributed by atoms with Gasteiger partial charge in [0.2, 0.25) is 29.5 Å². The van der Waals surface area contributed by atoms with Gasteiger partial charge in [0.1, 0.15) is 24.2 Å². The van der Waals surface area contributed by atoms with Crippen LogP contribution in [0.4, 0.5) is 5.82 Å². The summed E-state index contributed by atoms with van der Waals surface area (Å²) in [6.45, 7) is 4.99. The molecule has 7 amide bonds. The van der Waals surface area contributed by atoms with Crippen molar-refractivity contribution in [1.82, 2.24) is 42.0 Å². The minimum Gasteiger partial charge on any atom is -0.345 e. The molecule has 0 spiro atoms. The van der Waals surface area contributed by atoms with Crippen molar-refractivity contribution in [1.29, 1.82) is 0 Å². The number of azo groups is 1. The number of benzene rings is 2. The molecule has 0 bridgehead atoms. The molecular weight excluding hydrogens is 863 g/mol. The van der Waals surface area contributed by atoms with Crippen LogP contribution in [0.25, 0.3) is 0 Å². The smallest absolute Gasteiger partial charge is 0.294 e. The number of nitrogens with zero attached hydrogens (tertiary/aromatic N) is 4. The first-order valence-corrected chi connectivity index (χ1v) is 22.6. The Bertz CT molecular complexity index is 2280. The number of aryl methyl sites for hydroxylation is 1. The molecule has 0 aliphatic carbocycles. The molecule has 0 unspecified atom stereocenters. The van der Waals surface area contributed by atoms with Crippen molar-refractivity contribution in [3.05, 3.63) is 89.6 Å². The molecule has 0 saturated carbocycles. The number of rotatable bonds is 22. The third-order valence-corrected chi connectivity index (χ3v) is 11.2. The molecule has 1 fully saturated rings. The zero-order valence-electron chi connectivity index (χ0n) is 36.5. The fourth-order valence-electron chi connectivity index (χ4n) is 6.94. The second-order valence-electron chi connectivity index (χ2n) is 15.7. The first-order chi connectivity index (χ1) is 31.0. The van der Waals surface area contributed by atoms with Gasteiger partial charge in [-0.05, 0) is 86.7 Å². The number of nitrogens with one attached hydrogen (secondary N) is 6. The minimum atomic E-state index is -4.47. The number of likely N-dealkylation sites (tertiary alicyclic amines) is 1.